The molecule has 1 nitrogen and oxygen atoms in total. The topological polar surface area (TPSA) is 17.1 Å². The fourth-order valence-corrected chi connectivity index (χ4v) is 15.3. The third-order valence-electron chi connectivity index (χ3n) is 5.42. The van der Waals surface area contributed by atoms with Crippen molar-refractivity contribution in [3.63, 3.8) is 0 Å². The Bertz CT molecular complexity index is 644. The van der Waals surface area contributed by atoms with E-state index in [2.05, 4.69) is 97.7 Å². The molecule has 0 N–H and O–H groups in total. The summed E-state index contributed by atoms with van der Waals surface area (Å²) < 4.78 is 0.0921. The van der Waals surface area contributed by atoms with Crippen molar-refractivity contribution < 1.29 is 4.79 Å². The summed E-state index contributed by atoms with van der Waals surface area (Å²) in [7, 11) is -2.08. The first kappa shape index (κ1) is 18.8. The van der Waals surface area contributed by atoms with Gasteiger partial charge in [-0.25, -0.2) is 0 Å². The zero-order chi connectivity index (χ0) is 17.8. The van der Waals surface area contributed by atoms with Gasteiger partial charge in [-0.1, -0.05) is 84.5 Å². The Kier molecular flexibility index (Phi) is 6.13. The summed E-state index contributed by atoms with van der Waals surface area (Å²) >= 11 is 4.24. The van der Waals surface area contributed by atoms with E-state index in [1.807, 2.05) is 0 Å². The van der Waals surface area contributed by atoms with Gasteiger partial charge >= 0.3 is 0 Å². The van der Waals surface area contributed by atoms with Crippen molar-refractivity contribution in [1.82, 2.24) is 0 Å². The summed E-state index contributed by atoms with van der Waals surface area (Å²) in [5, 5.41) is 2.95. The highest BCUT2D eigenvalue weighted by atomic mass is 32.2. The van der Waals surface area contributed by atoms with Gasteiger partial charge in [-0.3, -0.25) is 0 Å². The lowest BCUT2D eigenvalue weighted by Crippen LogP contribution is -2.71. The number of hydrogen-bond donors (Lipinski definition) is 0. The van der Waals surface area contributed by atoms with Crippen molar-refractivity contribution in [1.29, 1.82) is 0 Å². The van der Waals surface area contributed by atoms with Gasteiger partial charge in [0.15, 0.2) is 0 Å². The molecule has 4 heteroatoms. The predicted octanol–water partition coefficient (Wildman–Crippen LogP) is 4.21. The molecule has 1 atom stereocenters. The molecular weight excluding hydrogens is 360 g/mol. The molecule has 0 spiro atoms. The zero-order valence-electron chi connectivity index (χ0n) is 15.0. The predicted molar refractivity (Wildman–Crippen MR) is 116 cm³/mol. The number of hydrogen-bond acceptors (Lipinski definition) is 3. The van der Waals surface area contributed by atoms with Gasteiger partial charge in [0.05, 0.1) is 3.70 Å². The van der Waals surface area contributed by atoms with Crippen molar-refractivity contribution in [3.8, 4) is 0 Å². The quantitative estimate of drug-likeness (QED) is 0.547. The average Bonchev–Trinajstić information content (AvgIpc) is 2.69. The molecule has 0 amide bonds. The monoisotopic (exact) mass is 386 g/mol. The number of carbonyl (C=O) groups is 1. The van der Waals surface area contributed by atoms with E-state index in [1.54, 1.807) is 0 Å². The minimum absolute atomic E-state index is 0.0921. The van der Waals surface area contributed by atoms with E-state index in [9.17, 15) is 4.79 Å². The van der Waals surface area contributed by atoms with Gasteiger partial charge in [0, 0.05) is 6.42 Å². The van der Waals surface area contributed by atoms with Crippen LogP contribution in [0.25, 0.3) is 0 Å². The molecule has 25 heavy (non-hydrogen) atoms. The van der Waals surface area contributed by atoms with Crippen LogP contribution in [0.2, 0.25) is 6.55 Å². The molecule has 3 rings (SSSR count). The molecule has 0 saturated carbocycles. The van der Waals surface area contributed by atoms with Gasteiger partial charge in [0.1, 0.15) is 14.4 Å². The molecule has 1 heterocycles. The normalized spacial score (nSPS) is 18.5. The first-order valence-corrected chi connectivity index (χ1v) is 13.4. The van der Waals surface area contributed by atoms with Crippen LogP contribution in [0.3, 0.4) is 0 Å². The number of carbonyl (C=O) groups excluding carboxylic acids is 1. The molecule has 1 aliphatic rings. The second-order valence-corrected chi connectivity index (χ2v) is 14.7. The van der Waals surface area contributed by atoms with Crippen LogP contribution in [-0.4, -0.2) is 29.6 Å². The molecule has 132 valence electrons. The smallest absolute Gasteiger partial charge is 0.143 e. The lowest BCUT2D eigenvalue weighted by Gasteiger charge is -2.52. The van der Waals surface area contributed by atoms with Gasteiger partial charge in [-0.05, 0) is 23.8 Å². The Morgan fingerprint density at radius 3 is 1.92 bits per heavy atom. The molecule has 2 aromatic carbocycles. The Hall–Kier alpha value is -0.973. The van der Waals surface area contributed by atoms with E-state index in [1.165, 1.54) is 28.3 Å². The Morgan fingerprint density at radius 1 is 1.00 bits per heavy atom. The molecule has 1 saturated heterocycles. The van der Waals surface area contributed by atoms with Crippen LogP contribution in [0.1, 0.15) is 19.8 Å². The summed E-state index contributed by atoms with van der Waals surface area (Å²) in [6.07, 6.45) is 3.02. The number of rotatable bonds is 6. The fraction of sp³-hybridized carbons (Fsp3) is 0.381. The van der Waals surface area contributed by atoms with Gasteiger partial charge in [0.2, 0.25) is 0 Å². The van der Waals surface area contributed by atoms with Crippen LogP contribution in [0.4, 0.5) is 0 Å². The van der Waals surface area contributed by atoms with Crippen LogP contribution >= 0.6 is 23.5 Å². The molecule has 2 aromatic rings. The minimum Gasteiger partial charge on any atom is -0.303 e. The van der Waals surface area contributed by atoms with Gasteiger partial charge in [0.25, 0.3) is 0 Å². The van der Waals surface area contributed by atoms with E-state index < -0.39 is 8.07 Å². The van der Waals surface area contributed by atoms with Crippen LogP contribution in [0.5, 0.6) is 0 Å². The van der Waals surface area contributed by atoms with Crippen LogP contribution < -0.4 is 10.4 Å². The molecule has 1 unspecified atom stereocenters. The van der Waals surface area contributed by atoms with Gasteiger partial charge < -0.3 is 4.79 Å². The number of benzene rings is 2. The molecule has 0 aliphatic carbocycles. The highest BCUT2D eigenvalue weighted by Crippen LogP contribution is 2.53. The molecule has 1 aliphatic heterocycles. The maximum Gasteiger partial charge on any atom is 0.143 e. The highest BCUT2D eigenvalue weighted by Gasteiger charge is 2.56. The van der Waals surface area contributed by atoms with Crippen molar-refractivity contribution in [2.45, 2.75) is 30.0 Å². The summed E-state index contributed by atoms with van der Waals surface area (Å²) in [5.74, 6) is 2.74. The van der Waals surface area contributed by atoms with Crippen LogP contribution in [0, 0.1) is 5.92 Å². The van der Waals surface area contributed by atoms with E-state index in [0.29, 0.717) is 12.3 Å². The second kappa shape index (κ2) is 8.15. The summed E-state index contributed by atoms with van der Waals surface area (Å²) in [5.41, 5.74) is 0. The lowest BCUT2D eigenvalue weighted by molar-refractivity contribution is -0.108. The van der Waals surface area contributed by atoms with Crippen molar-refractivity contribution in [3.05, 3.63) is 60.7 Å². The van der Waals surface area contributed by atoms with Crippen molar-refractivity contribution in [2.75, 3.05) is 11.5 Å². The standard InChI is InChI=1S/C21H26OS2Si/c1-18(14-15-22)21(23-16-9-17-24-21)25(2,19-10-5-3-6-11-19)20-12-7-4-8-13-20/h3-8,10-13,15,18H,9,14,16-17H2,1-2H3. The molecule has 1 fully saturated rings. The molecule has 0 bridgehead atoms. The third kappa shape index (κ3) is 3.36. The van der Waals surface area contributed by atoms with E-state index >= 15 is 0 Å². The largest absolute Gasteiger partial charge is 0.303 e. The zero-order valence-corrected chi connectivity index (χ0v) is 17.6. The highest BCUT2D eigenvalue weighted by molar-refractivity contribution is 8.21. The summed E-state index contributed by atoms with van der Waals surface area (Å²) in [4.78, 5) is 11.4. The first-order chi connectivity index (χ1) is 12.1. The molecular formula is C21H26OS2Si. The van der Waals surface area contributed by atoms with Gasteiger partial charge in [-0.15, -0.1) is 23.5 Å². The van der Waals surface area contributed by atoms with E-state index in [-0.39, 0.29) is 3.70 Å². The van der Waals surface area contributed by atoms with Crippen LogP contribution in [0.15, 0.2) is 60.7 Å². The first-order valence-electron chi connectivity index (χ1n) is 8.98. The number of thioether (sulfide) groups is 2. The Labute approximate surface area is 161 Å². The fourth-order valence-electron chi connectivity index (χ4n) is 4.03. The van der Waals surface area contributed by atoms with E-state index in [4.69, 9.17) is 0 Å². The number of aldehydes is 1. The maximum atomic E-state index is 11.4. The summed E-state index contributed by atoms with van der Waals surface area (Å²) in [6.45, 7) is 4.81. The SMILES string of the molecule is CC(CC=O)C1([Si](C)(c2ccccc2)c2ccccc2)SCCCS1. The lowest BCUT2D eigenvalue weighted by atomic mass is 10.1. The summed E-state index contributed by atoms with van der Waals surface area (Å²) in [6, 6.07) is 22.1. The molecule has 0 radical (unpaired) electrons. The van der Waals surface area contributed by atoms with Crippen molar-refractivity contribution >= 4 is 48.3 Å². The Morgan fingerprint density at radius 2 is 1.48 bits per heavy atom. The van der Waals surface area contributed by atoms with Crippen molar-refractivity contribution in [2.24, 2.45) is 5.92 Å². The van der Waals surface area contributed by atoms with Crippen LogP contribution in [-0.2, 0) is 4.79 Å². The third-order valence-corrected chi connectivity index (χ3v) is 17.0. The minimum atomic E-state index is -2.08. The average molecular weight is 387 g/mol. The van der Waals surface area contributed by atoms with Gasteiger partial charge in [-0.2, -0.15) is 0 Å². The maximum absolute atomic E-state index is 11.4. The second-order valence-electron chi connectivity index (χ2n) is 6.88. The Balaban J connectivity index is 2.22. The molecule has 0 aromatic heterocycles. The van der Waals surface area contributed by atoms with E-state index in [0.717, 1.165) is 6.29 Å².